The van der Waals surface area contributed by atoms with E-state index in [0.717, 1.165) is 11.0 Å². The molecule has 3 rings (SSSR count). The molecule has 3 aromatic rings. The number of anilines is 1. The highest BCUT2D eigenvalue weighted by Gasteiger charge is 2.05. The molecule has 0 spiro atoms. The van der Waals surface area contributed by atoms with Crippen LogP contribution in [0.15, 0.2) is 53.3 Å². The van der Waals surface area contributed by atoms with Gasteiger partial charge in [-0.3, -0.25) is 4.98 Å². The number of nitrogens with zero attached hydrogens (tertiary/aromatic N) is 1. The third-order valence-electron chi connectivity index (χ3n) is 3.72. The van der Waals surface area contributed by atoms with Crippen LogP contribution in [-0.2, 0) is 6.54 Å². The van der Waals surface area contributed by atoms with Crippen LogP contribution in [0.3, 0.4) is 0 Å². The van der Waals surface area contributed by atoms with Gasteiger partial charge in [-0.2, -0.15) is 0 Å². The summed E-state index contributed by atoms with van der Waals surface area (Å²) in [5.41, 5.74) is 5.01. The Bertz CT molecular complexity index is 768. The topological polar surface area (TPSA) is 24.9 Å². The van der Waals surface area contributed by atoms with Gasteiger partial charge in [0.05, 0.1) is 0 Å². The monoisotopic (exact) mass is 340 g/mol. The molecule has 2 nitrogen and oxygen atoms in total. The van der Waals surface area contributed by atoms with Gasteiger partial charge in [0.15, 0.2) is 0 Å². The molecule has 0 aliphatic heterocycles. The van der Waals surface area contributed by atoms with Crippen molar-refractivity contribution in [3.63, 3.8) is 0 Å². The molecule has 0 unspecified atom stereocenters. The van der Waals surface area contributed by atoms with E-state index in [1.54, 1.807) is 0 Å². The first-order valence-corrected chi connectivity index (χ1v) is 7.76. The highest BCUT2D eigenvalue weighted by atomic mass is 79.9. The summed E-state index contributed by atoms with van der Waals surface area (Å²) in [6.07, 6.45) is 3.76. The number of hydrogen-bond acceptors (Lipinski definition) is 2. The van der Waals surface area contributed by atoms with Gasteiger partial charge in [0.25, 0.3) is 0 Å². The van der Waals surface area contributed by atoms with E-state index in [0.29, 0.717) is 0 Å². The van der Waals surface area contributed by atoms with Crippen molar-refractivity contribution < 1.29 is 0 Å². The van der Waals surface area contributed by atoms with Gasteiger partial charge in [0, 0.05) is 34.5 Å². The maximum absolute atomic E-state index is 4.18. The van der Waals surface area contributed by atoms with Gasteiger partial charge in [0.1, 0.15) is 0 Å². The lowest BCUT2D eigenvalue weighted by Gasteiger charge is -2.14. The lowest BCUT2D eigenvalue weighted by atomic mass is 10.1. The van der Waals surface area contributed by atoms with Crippen molar-refractivity contribution in [3.8, 4) is 0 Å². The molecule has 1 heterocycles. The maximum Gasteiger partial charge on any atom is 0.0407 e. The number of aryl methyl sites for hydroxylation is 2. The van der Waals surface area contributed by atoms with Gasteiger partial charge in [-0.25, -0.2) is 0 Å². The van der Waals surface area contributed by atoms with Gasteiger partial charge in [-0.05, 0) is 54.1 Å². The number of fused-ring (bicyclic) bond motifs is 1. The van der Waals surface area contributed by atoms with Crippen molar-refractivity contribution in [1.29, 1.82) is 0 Å². The Balaban J connectivity index is 1.91. The summed E-state index contributed by atoms with van der Waals surface area (Å²) in [5, 5.41) is 6.01. The summed E-state index contributed by atoms with van der Waals surface area (Å²) < 4.78 is 1.12. The second kappa shape index (κ2) is 5.86. The van der Waals surface area contributed by atoms with Crippen LogP contribution in [0.5, 0.6) is 0 Å². The van der Waals surface area contributed by atoms with Crippen molar-refractivity contribution in [1.82, 2.24) is 4.98 Å². The number of aromatic nitrogens is 1. The zero-order valence-electron chi connectivity index (χ0n) is 12.2. The van der Waals surface area contributed by atoms with Crippen LogP contribution >= 0.6 is 15.9 Å². The summed E-state index contributed by atoms with van der Waals surface area (Å²) in [5.74, 6) is 0. The standard InChI is InChI=1S/C18H17BrN2/c1-12-8-16(19)9-13(2)18(12)21-11-15-5-3-4-14-10-20-7-6-17(14)15/h3-10,21H,11H2,1-2H3. The van der Waals surface area contributed by atoms with Crippen LogP contribution in [0.25, 0.3) is 10.8 Å². The van der Waals surface area contributed by atoms with Crippen molar-refractivity contribution in [2.75, 3.05) is 5.32 Å². The second-order valence-corrected chi connectivity index (χ2v) is 6.20. The number of benzene rings is 2. The van der Waals surface area contributed by atoms with Gasteiger partial charge in [-0.15, -0.1) is 0 Å². The molecule has 0 saturated carbocycles. The number of nitrogens with one attached hydrogen (secondary N) is 1. The SMILES string of the molecule is Cc1cc(Br)cc(C)c1NCc1cccc2cnccc12. The Labute approximate surface area is 133 Å². The average Bonchev–Trinajstić information content (AvgIpc) is 2.46. The molecule has 0 aliphatic carbocycles. The van der Waals surface area contributed by atoms with Crippen LogP contribution in [0.1, 0.15) is 16.7 Å². The van der Waals surface area contributed by atoms with E-state index in [2.05, 4.69) is 76.5 Å². The molecular weight excluding hydrogens is 324 g/mol. The van der Waals surface area contributed by atoms with Crippen molar-refractivity contribution in [2.24, 2.45) is 0 Å². The molecule has 1 aromatic heterocycles. The molecule has 0 fully saturated rings. The highest BCUT2D eigenvalue weighted by Crippen LogP contribution is 2.26. The molecule has 0 saturated heterocycles. The molecule has 2 aromatic carbocycles. The Kier molecular flexibility index (Phi) is 3.93. The highest BCUT2D eigenvalue weighted by molar-refractivity contribution is 9.10. The summed E-state index contributed by atoms with van der Waals surface area (Å²) in [6, 6.07) is 12.7. The zero-order chi connectivity index (χ0) is 14.8. The molecule has 0 radical (unpaired) electrons. The molecule has 106 valence electrons. The van der Waals surface area contributed by atoms with Crippen LogP contribution in [0.4, 0.5) is 5.69 Å². The Morgan fingerprint density at radius 3 is 2.62 bits per heavy atom. The van der Waals surface area contributed by atoms with Crippen molar-refractivity contribution in [2.45, 2.75) is 20.4 Å². The van der Waals surface area contributed by atoms with Gasteiger partial charge in [-0.1, -0.05) is 34.1 Å². The van der Waals surface area contributed by atoms with Crippen LogP contribution in [0, 0.1) is 13.8 Å². The minimum atomic E-state index is 0.810. The van der Waals surface area contributed by atoms with Crippen LogP contribution < -0.4 is 5.32 Å². The maximum atomic E-state index is 4.18. The lowest BCUT2D eigenvalue weighted by Crippen LogP contribution is -2.03. The van der Waals surface area contributed by atoms with E-state index in [-0.39, 0.29) is 0 Å². The first kappa shape index (κ1) is 14.1. The molecular formula is C18H17BrN2. The second-order valence-electron chi connectivity index (χ2n) is 5.28. The number of rotatable bonds is 3. The van der Waals surface area contributed by atoms with Gasteiger partial charge >= 0.3 is 0 Å². The fraction of sp³-hybridized carbons (Fsp3) is 0.167. The van der Waals surface area contributed by atoms with E-state index < -0.39 is 0 Å². The first-order valence-electron chi connectivity index (χ1n) is 6.97. The minimum absolute atomic E-state index is 0.810. The Hall–Kier alpha value is -1.87. The fourth-order valence-corrected chi connectivity index (χ4v) is 3.40. The Morgan fingerprint density at radius 1 is 1.10 bits per heavy atom. The average molecular weight is 341 g/mol. The van der Waals surface area contributed by atoms with E-state index in [9.17, 15) is 0 Å². The van der Waals surface area contributed by atoms with Gasteiger partial charge in [0.2, 0.25) is 0 Å². The van der Waals surface area contributed by atoms with E-state index in [1.165, 1.54) is 33.2 Å². The third-order valence-corrected chi connectivity index (χ3v) is 4.18. The quantitative estimate of drug-likeness (QED) is 0.706. The summed E-state index contributed by atoms with van der Waals surface area (Å²) >= 11 is 3.54. The molecule has 21 heavy (non-hydrogen) atoms. The minimum Gasteiger partial charge on any atom is -0.381 e. The first-order chi connectivity index (χ1) is 10.1. The van der Waals surface area contributed by atoms with E-state index >= 15 is 0 Å². The molecule has 0 amide bonds. The van der Waals surface area contributed by atoms with Crippen LogP contribution in [0.2, 0.25) is 0 Å². The fourth-order valence-electron chi connectivity index (χ4n) is 2.72. The summed E-state index contributed by atoms with van der Waals surface area (Å²) in [7, 11) is 0. The van der Waals surface area contributed by atoms with Crippen LogP contribution in [-0.4, -0.2) is 4.98 Å². The van der Waals surface area contributed by atoms with Crippen molar-refractivity contribution >= 4 is 32.4 Å². The van der Waals surface area contributed by atoms with E-state index in [4.69, 9.17) is 0 Å². The molecule has 3 heteroatoms. The zero-order valence-corrected chi connectivity index (χ0v) is 13.7. The Morgan fingerprint density at radius 2 is 1.86 bits per heavy atom. The smallest absolute Gasteiger partial charge is 0.0407 e. The summed E-state index contributed by atoms with van der Waals surface area (Å²) in [6.45, 7) is 5.07. The number of pyridine rings is 1. The van der Waals surface area contributed by atoms with E-state index in [1.807, 2.05) is 12.4 Å². The normalized spacial score (nSPS) is 10.8. The predicted molar refractivity (Wildman–Crippen MR) is 92.7 cm³/mol. The predicted octanol–water partition coefficient (Wildman–Crippen LogP) is 5.23. The largest absolute Gasteiger partial charge is 0.381 e. The third kappa shape index (κ3) is 2.93. The van der Waals surface area contributed by atoms with Crippen molar-refractivity contribution in [3.05, 3.63) is 70.0 Å². The molecule has 0 atom stereocenters. The molecule has 1 N–H and O–H groups in total. The molecule has 0 aliphatic rings. The van der Waals surface area contributed by atoms with Gasteiger partial charge < -0.3 is 5.32 Å². The molecule has 0 bridgehead atoms. The number of hydrogen-bond donors (Lipinski definition) is 1. The number of halogens is 1. The lowest BCUT2D eigenvalue weighted by molar-refractivity contribution is 1.14. The summed E-state index contributed by atoms with van der Waals surface area (Å²) in [4.78, 5) is 4.18.